The van der Waals surface area contributed by atoms with Crippen molar-refractivity contribution in [2.45, 2.75) is 32.2 Å². The van der Waals surface area contributed by atoms with Crippen LogP contribution in [0.4, 0.5) is 0 Å². The third-order valence-corrected chi connectivity index (χ3v) is 8.48. The number of hydrogen-bond donors (Lipinski definition) is 0. The molecule has 0 unspecified atom stereocenters. The summed E-state index contributed by atoms with van der Waals surface area (Å²) in [5.74, 6) is 0.415. The van der Waals surface area contributed by atoms with Crippen LogP contribution in [-0.2, 0) is 16.6 Å². The average molecular weight is 423 g/mol. The van der Waals surface area contributed by atoms with Crippen LogP contribution in [0.25, 0.3) is 21.9 Å². The quantitative estimate of drug-likeness (QED) is 0.642. The van der Waals surface area contributed by atoms with E-state index < -0.39 is 10.0 Å². The number of pyridine rings is 1. The van der Waals surface area contributed by atoms with Crippen LogP contribution in [0.2, 0.25) is 0 Å². The summed E-state index contributed by atoms with van der Waals surface area (Å²) in [4.78, 5) is 12.7. The van der Waals surface area contributed by atoms with Crippen LogP contribution in [0, 0.1) is 5.92 Å². The smallest absolute Gasteiger partial charge is 0.250 e. The monoisotopic (exact) mass is 422 g/mol. The third-order valence-electron chi connectivity index (χ3n) is 6.47. The van der Waals surface area contributed by atoms with E-state index in [9.17, 15) is 13.2 Å². The van der Waals surface area contributed by atoms with Crippen LogP contribution >= 0.6 is 0 Å². The number of piperidine rings is 1. The molecule has 3 heterocycles. The molecule has 1 aromatic heterocycles. The Morgan fingerprint density at radius 2 is 1.77 bits per heavy atom. The van der Waals surface area contributed by atoms with Gasteiger partial charge in [-0.1, -0.05) is 43.3 Å². The van der Waals surface area contributed by atoms with Crippen molar-refractivity contribution in [2.24, 2.45) is 5.92 Å². The van der Waals surface area contributed by atoms with Crippen molar-refractivity contribution in [2.75, 3.05) is 18.8 Å². The van der Waals surface area contributed by atoms with Crippen molar-refractivity contribution in [3.05, 3.63) is 70.6 Å². The lowest BCUT2D eigenvalue weighted by Crippen LogP contribution is -2.49. The minimum Gasteiger partial charge on any atom is -0.311 e. The molecule has 0 aliphatic carbocycles. The van der Waals surface area contributed by atoms with Crippen LogP contribution in [0.15, 0.2) is 59.4 Å². The summed E-state index contributed by atoms with van der Waals surface area (Å²) in [6.07, 6.45) is 1.55. The molecule has 2 bridgehead atoms. The minimum atomic E-state index is -3.25. The van der Waals surface area contributed by atoms with Gasteiger partial charge >= 0.3 is 0 Å². The summed E-state index contributed by atoms with van der Waals surface area (Å²) in [5, 5.41) is 2.34. The van der Waals surface area contributed by atoms with E-state index in [0.29, 0.717) is 26.1 Å². The molecule has 1 saturated heterocycles. The van der Waals surface area contributed by atoms with Gasteiger partial charge in [0.15, 0.2) is 0 Å². The van der Waals surface area contributed by atoms with E-state index in [1.165, 1.54) is 5.39 Å². The molecule has 30 heavy (non-hydrogen) atoms. The standard InChI is InChI=1S/C24H26N2O3S/c1-2-11-30(28,29)25-14-17-12-21(16-25)24-22(9-10-23(27)26(24)15-17)20-8-7-18-5-3-4-6-19(18)13-20/h3-10,13,17,21H,2,11-12,14-16H2,1H3/t17-,21+/m0/s1. The van der Waals surface area contributed by atoms with Gasteiger partial charge in [0, 0.05) is 42.9 Å². The Kier molecular flexibility index (Phi) is 4.79. The fraction of sp³-hybridized carbons (Fsp3) is 0.375. The Morgan fingerprint density at radius 3 is 2.57 bits per heavy atom. The molecule has 156 valence electrons. The molecular weight excluding hydrogens is 396 g/mol. The highest BCUT2D eigenvalue weighted by atomic mass is 32.2. The highest BCUT2D eigenvalue weighted by Gasteiger charge is 2.39. The number of rotatable bonds is 4. The van der Waals surface area contributed by atoms with Gasteiger partial charge in [0.25, 0.3) is 5.56 Å². The Morgan fingerprint density at radius 1 is 0.967 bits per heavy atom. The molecule has 5 nitrogen and oxygen atoms in total. The van der Waals surface area contributed by atoms with Gasteiger partial charge < -0.3 is 4.57 Å². The molecule has 2 aliphatic rings. The predicted molar refractivity (Wildman–Crippen MR) is 120 cm³/mol. The summed E-state index contributed by atoms with van der Waals surface area (Å²) in [6.45, 7) is 3.47. The number of fused-ring (bicyclic) bond motifs is 5. The highest BCUT2D eigenvalue weighted by molar-refractivity contribution is 7.89. The molecular formula is C24H26N2O3S. The first-order chi connectivity index (χ1) is 14.5. The van der Waals surface area contributed by atoms with Gasteiger partial charge in [-0.15, -0.1) is 0 Å². The zero-order valence-electron chi connectivity index (χ0n) is 17.1. The first-order valence-corrected chi connectivity index (χ1v) is 12.3. The Bertz CT molecular complexity index is 1280. The average Bonchev–Trinajstić information content (AvgIpc) is 2.74. The molecule has 2 aromatic carbocycles. The van der Waals surface area contributed by atoms with E-state index in [-0.39, 0.29) is 23.1 Å². The minimum absolute atomic E-state index is 0.00843. The Hall–Kier alpha value is -2.44. The van der Waals surface area contributed by atoms with Crippen molar-refractivity contribution < 1.29 is 8.42 Å². The Balaban J connectivity index is 1.62. The van der Waals surface area contributed by atoms with E-state index in [0.717, 1.165) is 28.6 Å². The van der Waals surface area contributed by atoms with Crippen molar-refractivity contribution in [1.82, 2.24) is 8.87 Å². The lowest BCUT2D eigenvalue weighted by atomic mass is 9.81. The van der Waals surface area contributed by atoms with E-state index in [1.54, 1.807) is 10.4 Å². The molecule has 2 atom stereocenters. The third kappa shape index (κ3) is 3.28. The molecule has 5 rings (SSSR count). The maximum atomic E-state index is 12.8. The zero-order chi connectivity index (χ0) is 20.9. The largest absolute Gasteiger partial charge is 0.311 e. The van der Waals surface area contributed by atoms with Gasteiger partial charge in [-0.05, 0) is 47.2 Å². The summed E-state index contributed by atoms with van der Waals surface area (Å²) < 4.78 is 29.1. The summed E-state index contributed by atoms with van der Waals surface area (Å²) in [6, 6.07) is 18.2. The zero-order valence-corrected chi connectivity index (χ0v) is 17.9. The van der Waals surface area contributed by atoms with E-state index >= 15 is 0 Å². The molecule has 1 fully saturated rings. The van der Waals surface area contributed by atoms with E-state index in [1.807, 2.05) is 29.7 Å². The normalized spacial score (nSPS) is 21.5. The van der Waals surface area contributed by atoms with Crippen LogP contribution in [0.5, 0.6) is 0 Å². The number of benzene rings is 2. The first kappa shape index (κ1) is 19.5. The second-order valence-corrected chi connectivity index (χ2v) is 10.7. The SMILES string of the molecule is CCCS(=O)(=O)N1C[C@@H]2C[C@H](C1)c1c(-c3ccc4ccccc4c3)ccc(=O)n1C2. The molecule has 6 heteroatoms. The maximum Gasteiger partial charge on any atom is 0.250 e. The van der Waals surface area contributed by atoms with Crippen LogP contribution in [0.1, 0.15) is 31.4 Å². The summed E-state index contributed by atoms with van der Waals surface area (Å²) in [7, 11) is -3.25. The van der Waals surface area contributed by atoms with Crippen LogP contribution in [-0.4, -0.2) is 36.1 Å². The van der Waals surface area contributed by atoms with Crippen molar-refractivity contribution in [3.8, 4) is 11.1 Å². The maximum absolute atomic E-state index is 12.8. The van der Waals surface area contributed by atoms with Crippen molar-refractivity contribution in [1.29, 1.82) is 0 Å². The number of nitrogens with zero attached hydrogens (tertiary/aromatic N) is 2. The van der Waals surface area contributed by atoms with Gasteiger partial charge in [0.2, 0.25) is 10.0 Å². The Labute approximate surface area is 177 Å². The fourth-order valence-electron chi connectivity index (χ4n) is 5.19. The highest BCUT2D eigenvalue weighted by Crippen LogP contribution is 2.41. The fourth-order valence-corrected chi connectivity index (χ4v) is 6.81. The molecule has 0 radical (unpaired) electrons. The topological polar surface area (TPSA) is 59.4 Å². The second kappa shape index (κ2) is 7.36. The number of hydrogen-bond acceptors (Lipinski definition) is 3. The van der Waals surface area contributed by atoms with Crippen LogP contribution in [0.3, 0.4) is 0 Å². The molecule has 0 N–H and O–H groups in total. The molecule has 0 amide bonds. The van der Waals surface area contributed by atoms with Crippen molar-refractivity contribution >= 4 is 20.8 Å². The van der Waals surface area contributed by atoms with Gasteiger partial charge in [0.05, 0.1) is 5.75 Å². The summed E-state index contributed by atoms with van der Waals surface area (Å²) >= 11 is 0. The van der Waals surface area contributed by atoms with Crippen molar-refractivity contribution in [3.63, 3.8) is 0 Å². The van der Waals surface area contributed by atoms with E-state index in [4.69, 9.17) is 0 Å². The van der Waals surface area contributed by atoms with Gasteiger partial charge in [-0.2, -0.15) is 0 Å². The second-order valence-electron chi connectivity index (χ2n) is 8.57. The van der Waals surface area contributed by atoms with Crippen LogP contribution < -0.4 is 5.56 Å². The van der Waals surface area contributed by atoms with Gasteiger partial charge in [0.1, 0.15) is 0 Å². The number of aromatic nitrogens is 1. The molecule has 3 aromatic rings. The van der Waals surface area contributed by atoms with E-state index in [2.05, 4.69) is 30.3 Å². The van der Waals surface area contributed by atoms with Gasteiger partial charge in [-0.3, -0.25) is 4.79 Å². The van der Waals surface area contributed by atoms with Gasteiger partial charge in [-0.25, -0.2) is 12.7 Å². The predicted octanol–water partition coefficient (Wildman–Crippen LogP) is 3.83. The molecule has 0 spiro atoms. The number of sulfonamides is 1. The lowest BCUT2D eigenvalue weighted by Gasteiger charge is -2.43. The lowest BCUT2D eigenvalue weighted by molar-refractivity contribution is 0.187. The molecule has 2 aliphatic heterocycles. The first-order valence-electron chi connectivity index (χ1n) is 10.7. The molecule has 0 saturated carbocycles. The summed E-state index contributed by atoms with van der Waals surface area (Å²) in [5.41, 5.74) is 3.11.